The fourth-order valence-electron chi connectivity index (χ4n) is 1.67. The molecule has 1 aliphatic rings. The molecule has 1 atom stereocenters. The highest BCUT2D eigenvalue weighted by molar-refractivity contribution is 4.92. The van der Waals surface area contributed by atoms with Crippen molar-refractivity contribution < 1.29 is 0 Å². The summed E-state index contributed by atoms with van der Waals surface area (Å²) in [7, 11) is 0. The highest BCUT2D eigenvalue weighted by Crippen LogP contribution is 2.21. The molecular formula is C10H19N. The monoisotopic (exact) mass is 153 g/mol. The molecule has 0 heterocycles. The van der Waals surface area contributed by atoms with Crippen LogP contribution in [0.3, 0.4) is 0 Å². The van der Waals surface area contributed by atoms with Crippen LogP contribution in [0.5, 0.6) is 0 Å². The first-order valence-electron chi connectivity index (χ1n) is 4.80. The van der Waals surface area contributed by atoms with Gasteiger partial charge < -0.3 is 5.73 Å². The van der Waals surface area contributed by atoms with E-state index in [2.05, 4.69) is 12.2 Å². The zero-order valence-electron chi connectivity index (χ0n) is 7.26. The van der Waals surface area contributed by atoms with Crippen molar-refractivity contribution in [3.05, 3.63) is 12.2 Å². The minimum Gasteiger partial charge on any atom is -0.330 e. The van der Waals surface area contributed by atoms with E-state index in [0.29, 0.717) is 0 Å². The zero-order valence-corrected chi connectivity index (χ0v) is 7.26. The van der Waals surface area contributed by atoms with Gasteiger partial charge in [-0.15, -0.1) is 0 Å². The first-order chi connectivity index (χ1) is 5.43. The average molecular weight is 153 g/mol. The Kier molecular flexibility index (Phi) is 4.29. The third kappa shape index (κ3) is 3.57. The number of unbranched alkanes of at least 4 members (excludes halogenated alkanes) is 1. The van der Waals surface area contributed by atoms with Gasteiger partial charge in [0.1, 0.15) is 0 Å². The maximum Gasteiger partial charge on any atom is -0.00773 e. The Morgan fingerprint density at radius 2 is 2.27 bits per heavy atom. The molecule has 0 amide bonds. The number of hydrogen-bond acceptors (Lipinski definition) is 1. The van der Waals surface area contributed by atoms with Crippen LogP contribution in [0.15, 0.2) is 12.2 Å². The SMILES string of the molecule is NCCCCC1C=CCCC1. The maximum absolute atomic E-state index is 5.43. The van der Waals surface area contributed by atoms with E-state index in [4.69, 9.17) is 5.73 Å². The molecule has 0 radical (unpaired) electrons. The number of hydrogen-bond donors (Lipinski definition) is 1. The van der Waals surface area contributed by atoms with Crippen molar-refractivity contribution in [2.24, 2.45) is 11.7 Å². The topological polar surface area (TPSA) is 26.0 Å². The molecule has 11 heavy (non-hydrogen) atoms. The van der Waals surface area contributed by atoms with Crippen molar-refractivity contribution in [3.63, 3.8) is 0 Å². The molecule has 0 aromatic heterocycles. The van der Waals surface area contributed by atoms with Crippen molar-refractivity contribution in [2.45, 2.75) is 38.5 Å². The van der Waals surface area contributed by atoms with Crippen LogP contribution in [0.1, 0.15) is 38.5 Å². The summed E-state index contributed by atoms with van der Waals surface area (Å²) < 4.78 is 0. The number of allylic oxidation sites excluding steroid dienone is 2. The molecule has 1 aliphatic carbocycles. The average Bonchev–Trinajstić information content (AvgIpc) is 2.07. The summed E-state index contributed by atoms with van der Waals surface area (Å²) in [6.07, 6.45) is 12.7. The van der Waals surface area contributed by atoms with E-state index in [1.54, 1.807) is 0 Å². The molecule has 1 rings (SSSR count). The molecule has 0 saturated carbocycles. The van der Waals surface area contributed by atoms with Gasteiger partial charge in [-0.05, 0) is 44.6 Å². The summed E-state index contributed by atoms with van der Waals surface area (Å²) in [6.45, 7) is 0.858. The Balaban J connectivity index is 2.05. The molecule has 0 fully saturated rings. The molecule has 0 bridgehead atoms. The third-order valence-electron chi connectivity index (χ3n) is 2.38. The van der Waals surface area contributed by atoms with Gasteiger partial charge in [0.2, 0.25) is 0 Å². The standard InChI is InChI=1S/C10H19N/c11-9-5-4-8-10-6-2-1-3-7-10/h2,6,10H,1,3-5,7-9,11H2. The van der Waals surface area contributed by atoms with Crippen LogP contribution in [0.2, 0.25) is 0 Å². The van der Waals surface area contributed by atoms with Crippen LogP contribution in [-0.4, -0.2) is 6.54 Å². The third-order valence-corrected chi connectivity index (χ3v) is 2.38. The maximum atomic E-state index is 5.43. The normalized spacial score (nSPS) is 23.9. The summed E-state index contributed by atoms with van der Waals surface area (Å²) in [5.41, 5.74) is 5.43. The van der Waals surface area contributed by atoms with Gasteiger partial charge in [-0.3, -0.25) is 0 Å². The molecule has 2 N–H and O–H groups in total. The first-order valence-corrected chi connectivity index (χ1v) is 4.80. The predicted octanol–water partition coefficient (Wildman–Crippen LogP) is 2.47. The van der Waals surface area contributed by atoms with Crippen LogP contribution < -0.4 is 5.73 Å². The lowest BCUT2D eigenvalue weighted by molar-refractivity contribution is 0.482. The largest absolute Gasteiger partial charge is 0.330 e. The fraction of sp³-hybridized carbons (Fsp3) is 0.800. The second-order valence-corrected chi connectivity index (χ2v) is 3.40. The van der Waals surface area contributed by atoms with Crippen molar-refractivity contribution in [3.8, 4) is 0 Å². The molecular weight excluding hydrogens is 134 g/mol. The second-order valence-electron chi connectivity index (χ2n) is 3.40. The molecule has 64 valence electrons. The molecule has 1 unspecified atom stereocenters. The van der Waals surface area contributed by atoms with Crippen LogP contribution in [-0.2, 0) is 0 Å². The summed E-state index contributed by atoms with van der Waals surface area (Å²) in [5.74, 6) is 0.871. The summed E-state index contributed by atoms with van der Waals surface area (Å²) in [6, 6.07) is 0. The number of nitrogens with two attached hydrogens (primary N) is 1. The van der Waals surface area contributed by atoms with Crippen molar-refractivity contribution >= 4 is 0 Å². The van der Waals surface area contributed by atoms with Gasteiger partial charge in [-0.1, -0.05) is 18.6 Å². The highest BCUT2D eigenvalue weighted by atomic mass is 14.5. The van der Waals surface area contributed by atoms with E-state index in [0.717, 1.165) is 12.5 Å². The van der Waals surface area contributed by atoms with Crippen LogP contribution in [0.4, 0.5) is 0 Å². The van der Waals surface area contributed by atoms with Gasteiger partial charge in [0.05, 0.1) is 0 Å². The molecule has 0 aromatic rings. The van der Waals surface area contributed by atoms with Crippen LogP contribution in [0.25, 0.3) is 0 Å². The Morgan fingerprint density at radius 3 is 2.91 bits per heavy atom. The van der Waals surface area contributed by atoms with Crippen molar-refractivity contribution in [1.82, 2.24) is 0 Å². The Hall–Kier alpha value is -0.300. The molecule has 0 aromatic carbocycles. The van der Waals surface area contributed by atoms with E-state index >= 15 is 0 Å². The van der Waals surface area contributed by atoms with Gasteiger partial charge in [-0.25, -0.2) is 0 Å². The van der Waals surface area contributed by atoms with Crippen LogP contribution in [0, 0.1) is 5.92 Å². The minimum atomic E-state index is 0.858. The quantitative estimate of drug-likeness (QED) is 0.487. The van der Waals surface area contributed by atoms with Gasteiger partial charge in [0.25, 0.3) is 0 Å². The van der Waals surface area contributed by atoms with Gasteiger partial charge in [-0.2, -0.15) is 0 Å². The van der Waals surface area contributed by atoms with E-state index in [1.807, 2.05) is 0 Å². The van der Waals surface area contributed by atoms with E-state index in [9.17, 15) is 0 Å². The Bertz CT molecular complexity index is 118. The Morgan fingerprint density at radius 1 is 1.36 bits per heavy atom. The lowest BCUT2D eigenvalue weighted by Crippen LogP contribution is -2.03. The lowest BCUT2D eigenvalue weighted by atomic mass is 9.91. The summed E-state index contributed by atoms with van der Waals surface area (Å²) in [4.78, 5) is 0. The summed E-state index contributed by atoms with van der Waals surface area (Å²) in [5, 5.41) is 0. The van der Waals surface area contributed by atoms with Crippen LogP contribution >= 0.6 is 0 Å². The smallest absolute Gasteiger partial charge is 0.00773 e. The molecule has 1 nitrogen and oxygen atoms in total. The Labute approximate surface area is 69.7 Å². The zero-order chi connectivity index (χ0) is 7.94. The van der Waals surface area contributed by atoms with Gasteiger partial charge in [0.15, 0.2) is 0 Å². The lowest BCUT2D eigenvalue weighted by Gasteiger charge is -2.15. The predicted molar refractivity (Wildman–Crippen MR) is 49.4 cm³/mol. The fourth-order valence-corrected chi connectivity index (χ4v) is 1.67. The molecule has 0 saturated heterocycles. The van der Waals surface area contributed by atoms with Crippen molar-refractivity contribution in [1.29, 1.82) is 0 Å². The minimum absolute atomic E-state index is 0.858. The first kappa shape index (κ1) is 8.79. The van der Waals surface area contributed by atoms with E-state index < -0.39 is 0 Å². The highest BCUT2D eigenvalue weighted by Gasteiger charge is 2.06. The summed E-state index contributed by atoms with van der Waals surface area (Å²) >= 11 is 0. The second kappa shape index (κ2) is 5.36. The van der Waals surface area contributed by atoms with Gasteiger partial charge >= 0.3 is 0 Å². The molecule has 0 aliphatic heterocycles. The number of rotatable bonds is 4. The van der Waals surface area contributed by atoms with Crippen molar-refractivity contribution in [2.75, 3.05) is 6.54 Å². The van der Waals surface area contributed by atoms with E-state index in [-0.39, 0.29) is 0 Å². The van der Waals surface area contributed by atoms with Gasteiger partial charge in [0, 0.05) is 0 Å². The van der Waals surface area contributed by atoms with E-state index in [1.165, 1.54) is 38.5 Å². The molecule has 1 heteroatoms. The molecule has 0 spiro atoms.